The second-order valence-corrected chi connectivity index (χ2v) is 5.05. The largest absolute Gasteiger partial charge is 0.302 e. The van der Waals surface area contributed by atoms with Crippen molar-refractivity contribution in [2.24, 2.45) is 11.3 Å². The third-order valence-electron chi connectivity index (χ3n) is 2.98. The molecule has 1 fully saturated rings. The lowest BCUT2D eigenvalue weighted by molar-refractivity contribution is 0.00956. The van der Waals surface area contributed by atoms with Gasteiger partial charge in [0, 0.05) is 13.1 Å². The van der Waals surface area contributed by atoms with Gasteiger partial charge in [0.25, 0.3) is 0 Å². The van der Waals surface area contributed by atoms with Gasteiger partial charge in [-0.15, -0.1) is 0 Å². The van der Waals surface area contributed by atoms with E-state index in [1.807, 2.05) is 13.8 Å². The summed E-state index contributed by atoms with van der Waals surface area (Å²) in [5.41, 5.74) is 0.653. The van der Waals surface area contributed by atoms with Crippen LogP contribution in [0.1, 0.15) is 54.4 Å². The van der Waals surface area contributed by atoms with Crippen molar-refractivity contribution in [2.45, 2.75) is 54.4 Å². The Morgan fingerprint density at radius 3 is 2.07 bits per heavy atom. The Kier molecular flexibility index (Phi) is 6.43. The summed E-state index contributed by atoms with van der Waals surface area (Å²) in [6, 6.07) is 0. The van der Waals surface area contributed by atoms with E-state index < -0.39 is 0 Å². The average Bonchev–Trinajstić information content (AvgIpc) is 2.13. The Morgan fingerprint density at radius 1 is 1.21 bits per heavy atom. The van der Waals surface area contributed by atoms with Gasteiger partial charge >= 0.3 is 0 Å². The molecule has 0 atom stereocenters. The molecule has 0 aromatic rings. The first-order chi connectivity index (χ1) is 6.56. The zero-order valence-corrected chi connectivity index (χ0v) is 11.1. The van der Waals surface area contributed by atoms with Gasteiger partial charge in [-0.3, -0.25) is 0 Å². The van der Waals surface area contributed by atoms with E-state index >= 15 is 0 Å². The molecule has 1 aliphatic rings. The number of likely N-dealkylation sites (tertiary alicyclic amines) is 1. The molecule has 1 heterocycles. The van der Waals surface area contributed by atoms with E-state index in [-0.39, 0.29) is 0 Å². The van der Waals surface area contributed by atoms with Crippen LogP contribution in [-0.2, 0) is 0 Å². The molecular formula is C13H29N. The van der Waals surface area contributed by atoms with Gasteiger partial charge in [0.2, 0.25) is 0 Å². The van der Waals surface area contributed by atoms with E-state index in [4.69, 9.17) is 0 Å². The highest BCUT2D eigenvalue weighted by Crippen LogP contribution is 2.35. The molecule has 0 bridgehead atoms. The van der Waals surface area contributed by atoms with Crippen molar-refractivity contribution in [3.63, 3.8) is 0 Å². The van der Waals surface area contributed by atoms with Crippen LogP contribution in [0.15, 0.2) is 0 Å². The van der Waals surface area contributed by atoms with Crippen molar-refractivity contribution >= 4 is 0 Å². The topological polar surface area (TPSA) is 3.24 Å². The summed E-state index contributed by atoms with van der Waals surface area (Å²) < 4.78 is 0. The summed E-state index contributed by atoms with van der Waals surface area (Å²) in [4.78, 5) is 2.53. The number of hydrogen-bond donors (Lipinski definition) is 0. The summed E-state index contributed by atoms with van der Waals surface area (Å²) in [5.74, 6) is 0.873. The van der Waals surface area contributed by atoms with Crippen LogP contribution >= 0.6 is 0 Å². The molecule has 1 rings (SSSR count). The molecule has 1 nitrogen and oxygen atoms in total. The molecule has 0 unspecified atom stereocenters. The molecule has 0 saturated carbocycles. The SMILES string of the molecule is CC.CCN1CC(C)(CCC(C)C)C1. The number of nitrogens with zero attached hydrogens (tertiary/aromatic N) is 1. The van der Waals surface area contributed by atoms with Crippen molar-refractivity contribution < 1.29 is 0 Å². The van der Waals surface area contributed by atoms with Crippen LogP contribution in [0.25, 0.3) is 0 Å². The minimum atomic E-state index is 0.653. The van der Waals surface area contributed by atoms with Gasteiger partial charge in [-0.05, 0) is 24.3 Å². The minimum absolute atomic E-state index is 0.653. The van der Waals surface area contributed by atoms with Crippen molar-refractivity contribution in [1.82, 2.24) is 4.90 Å². The summed E-state index contributed by atoms with van der Waals surface area (Å²) in [7, 11) is 0. The molecule has 1 heteroatoms. The maximum atomic E-state index is 2.53. The molecular weight excluding hydrogens is 170 g/mol. The normalized spacial score (nSPS) is 19.9. The van der Waals surface area contributed by atoms with Crippen LogP contribution in [0.2, 0.25) is 0 Å². The Morgan fingerprint density at radius 2 is 1.71 bits per heavy atom. The second kappa shape index (κ2) is 6.44. The zero-order chi connectivity index (χ0) is 11.2. The van der Waals surface area contributed by atoms with Gasteiger partial charge in [0.15, 0.2) is 0 Å². The van der Waals surface area contributed by atoms with Crippen LogP contribution in [0, 0.1) is 11.3 Å². The van der Waals surface area contributed by atoms with E-state index in [2.05, 4.69) is 32.6 Å². The molecule has 0 spiro atoms. The summed E-state index contributed by atoms with van der Waals surface area (Å²) >= 11 is 0. The van der Waals surface area contributed by atoms with Gasteiger partial charge in [0.05, 0.1) is 0 Å². The fraction of sp³-hybridized carbons (Fsp3) is 1.00. The Labute approximate surface area is 90.9 Å². The third-order valence-corrected chi connectivity index (χ3v) is 2.98. The lowest BCUT2D eigenvalue weighted by atomic mass is 9.76. The third kappa shape index (κ3) is 4.45. The van der Waals surface area contributed by atoms with Gasteiger partial charge in [-0.25, -0.2) is 0 Å². The van der Waals surface area contributed by atoms with Crippen LogP contribution in [0.5, 0.6) is 0 Å². The monoisotopic (exact) mass is 199 g/mol. The van der Waals surface area contributed by atoms with E-state index in [1.54, 1.807) is 0 Å². The first-order valence-electron chi connectivity index (χ1n) is 6.28. The first kappa shape index (κ1) is 14.0. The maximum Gasteiger partial charge on any atom is 0.00477 e. The lowest BCUT2D eigenvalue weighted by Crippen LogP contribution is -2.54. The first-order valence-corrected chi connectivity index (χ1v) is 6.28. The standard InChI is InChI=1S/C11H23N.C2H6/c1-5-12-8-11(4,9-12)7-6-10(2)3;1-2/h10H,5-9H2,1-4H3;1-2H3. The second-order valence-electron chi connectivity index (χ2n) is 5.05. The minimum Gasteiger partial charge on any atom is -0.302 e. The fourth-order valence-corrected chi connectivity index (χ4v) is 2.05. The fourth-order valence-electron chi connectivity index (χ4n) is 2.05. The van der Waals surface area contributed by atoms with Gasteiger partial charge in [-0.1, -0.05) is 48.0 Å². The number of hydrogen-bond acceptors (Lipinski definition) is 1. The van der Waals surface area contributed by atoms with Gasteiger partial charge < -0.3 is 4.90 Å². The molecule has 1 aliphatic heterocycles. The highest BCUT2D eigenvalue weighted by Gasteiger charge is 2.36. The van der Waals surface area contributed by atoms with Crippen LogP contribution in [-0.4, -0.2) is 24.5 Å². The van der Waals surface area contributed by atoms with Crippen molar-refractivity contribution in [3.8, 4) is 0 Å². The van der Waals surface area contributed by atoms with Crippen LogP contribution in [0.3, 0.4) is 0 Å². The van der Waals surface area contributed by atoms with E-state index in [0.717, 1.165) is 5.92 Å². The predicted molar refractivity (Wildman–Crippen MR) is 65.6 cm³/mol. The van der Waals surface area contributed by atoms with E-state index in [0.29, 0.717) is 5.41 Å². The molecule has 14 heavy (non-hydrogen) atoms. The maximum absolute atomic E-state index is 2.53. The van der Waals surface area contributed by atoms with Gasteiger partial charge in [0.1, 0.15) is 0 Å². The lowest BCUT2D eigenvalue weighted by Gasteiger charge is -2.48. The molecule has 1 saturated heterocycles. The van der Waals surface area contributed by atoms with Gasteiger partial charge in [-0.2, -0.15) is 0 Å². The molecule has 0 aliphatic carbocycles. The Hall–Kier alpha value is -0.0400. The van der Waals surface area contributed by atoms with Crippen molar-refractivity contribution in [1.29, 1.82) is 0 Å². The van der Waals surface area contributed by atoms with Crippen LogP contribution < -0.4 is 0 Å². The van der Waals surface area contributed by atoms with Crippen molar-refractivity contribution in [2.75, 3.05) is 19.6 Å². The zero-order valence-electron chi connectivity index (χ0n) is 11.1. The molecule has 0 aromatic heterocycles. The quantitative estimate of drug-likeness (QED) is 0.666. The Bertz CT molecular complexity index is 134. The summed E-state index contributed by atoms with van der Waals surface area (Å²) in [6.07, 6.45) is 2.81. The smallest absolute Gasteiger partial charge is 0.00477 e. The molecule has 0 N–H and O–H groups in total. The van der Waals surface area contributed by atoms with Crippen LogP contribution in [0.4, 0.5) is 0 Å². The van der Waals surface area contributed by atoms with E-state index in [9.17, 15) is 0 Å². The predicted octanol–water partition coefficient (Wildman–Crippen LogP) is 3.79. The number of rotatable bonds is 4. The van der Waals surface area contributed by atoms with E-state index in [1.165, 1.54) is 32.5 Å². The highest BCUT2D eigenvalue weighted by molar-refractivity contribution is 4.90. The van der Waals surface area contributed by atoms with Crippen molar-refractivity contribution in [3.05, 3.63) is 0 Å². The molecule has 0 radical (unpaired) electrons. The molecule has 86 valence electrons. The molecule has 0 aromatic carbocycles. The summed E-state index contributed by atoms with van der Waals surface area (Å²) in [5, 5.41) is 0. The highest BCUT2D eigenvalue weighted by atomic mass is 15.2. The molecule has 0 amide bonds. The Balaban J connectivity index is 0.000000791. The summed E-state index contributed by atoms with van der Waals surface area (Å²) in [6.45, 7) is 17.2. The average molecular weight is 199 g/mol.